The Morgan fingerprint density at radius 3 is 2.31 bits per heavy atom. The maximum atomic E-state index is 12.8. The van der Waals surface area contributed by atoms with Crippen molar-refractivity contribution in [3.05, 3.63) is 94.0 Å². The van der Waals surface area contributed by atoms with Gasteiger partial charge in [0, 0.05) is 11.6 Å². The van der Waals surface area contributed by atoms with Crippen molar-refractivity contribution in [3.63, 3.8) is 0 Å². The Balaban J connectivity index is 1.67. The zero-order valence-corrected chi connectivity index (χ0v) is 20.1. The Labute approximate surface area is 210 Å². The van der Waals surface area contributed by atoms with Gasteiger partial charge < -0.3 is 15.6 Å². The first-order valence-corrected chi connectivity index (χ1v) is 12.2. The van der Waals surface area contributed by atoms with Crippen molar-refractivity contribution in [1.82, 2.24) is 0 Å². The maximum absolute atomic E-state index is 12.8. The van der Waals surface area contributed by atoms with Gasteiger partial charge in [-0.2, -0.15) is 0 Å². The number of carbonyl (C=O) groups is 1. The lowest BCUT2D eigenvalue weighted by Gasteiger charge is -2.13. The molecule has 0 saturated heterocycles. The quantitative estimate of drug-likeness (QED) is 0.178. The average molecular weight is 530 g/mol. The number of anilines is 1. The molecule has 0 fully saturated rings. The molecule has 0 spiro atoms. The molecule has 0 atom stereocenters. The molecule has 4 aromatic rings. The van der Waals surface area contributed by atoms with E-state index in [1.807, 2.05) is 0 Å². The molecule has 0 unspecified atom stereocenters. The second-order valence-electron chi connectivity index (χ2n) is 7.44. The molecular formula is C24H17Cl2N3O5S. The van der Waals surface area contributed by atoms with Gasteiger partial charge in [-0.05, 0) is 59.3 Å². The van der Waals surface area contributed by atoms with Gasteiger partial charge in [-0.3, -0.25) is 10.1 Å². The van der Waals surface area contributed by atoms with E-state index in [9.17, 15) is 18.3 Å². The molecule has 4 aromatic carbocycles. The Morgan fingerprint density at radius 2 is 1.63 bits per heavy atom. The van der Waals surface area contributed by atoms with Crippen LogP contribution < -0.4 is 15.2 Å². The van der Waals surface area contributed by atoms with Gasteiger partial charge in [-0.1, -0.05) is 41.4 Å². The van der Waals surface area contributed by atoms with Crippen molar-refractivity contribution in [3.8, 4) is 11.5 Å². The lowest BCUT2D eigenvalue weighted by atomic mass is 10.1. The highest BCUT2D eigenvalue weighted by Gasteiger charge is 2.19. The first kappa shape index (κ1) is 24.3. The summed E-state index contributed by atoms with van der Waals surface area (Å²) in [6, 6.07) is 18.0. The monoisotopic (exact) mass is 529 g/mol. The summed E-state index contributed by atoms with van der Waals surface area (Å²) in [5, 5.41) is 19.0. The smallest absolute Gasteiger partial charge is 0.339 e. The number of rotatable bonds is 7. The van der Waals surface area contributed by atoms with Gasteiger partial charge in [0.15, 0.2) is 0 Å². The van der Waals surface area contributed by atoms with E-state index in [-0.39, 0.29) is 37.8 Å². The molecular weight excluding hydrogens is 513 g/mol. The first-order valence-electron chi connectivity index (χ1n) is 9.95. The number of nitrogens with two attached hydrogens (primary N) is 1. The van der Waals surface area contributed by atoms with Crippen LogP contribution in [-0.4, -0.2) is 25.3 Å². The molecule has 5 N–H and O–H groups in total. The SMILES string of the molecule is N=C(N)c1ccc2cc(Oc3cc(NS(=O)(=O)c4ccc(Cl)c(Cl)c4)ccc3C(=O)O)ccc2c1. The summed E-state index contributed by atoms with van der Waals surface area (Å²) in [5.41, 5.74) is 6.03. The van der Waals surface area contributed by atoms with Gasteiger partial charge in [-0.15, -0.1) is 0 Å². The van der Waals surface area contributed by atoms with Crippen LogP contribution in [0.5, 0.6) is 11.5 Å². The summed E-state index contributed by atoms with van der Waals surface area (Å²) < 4.78 is 33.8. The number of carboxylic acid groups (broad SMARTS) is 1. The van der Waals surface area contributed by atoms with E-state index in [4.69, 9.17) is 39.1 Å². The van der Waals surface area contributed by atoms with Crippen LogP contribution in [0, 0.1) is 5.41 Å². The highest BCUT2D eigenvalue weighted by atomic mass is 35.5. The molecule has 0 amide bonds. The van der Waals surface area contributed by atoms with E-state index in [0.29, 0.717) is 11.3 Å². The third-order valence-corrected chi connectivity index (χ3v) is 7.13. The summed E-state index contributed by atoms with van der Waals surface area (Å²) in [4.78, 5) is 11.6. The fourth-order valence-corrected chi connectivity index (χ4v) is 4.72. The highest BCUT2D eigenvalue weighted by molar-refractivity contribution is 7.92. The van der Waals surface area contributed by atoms with E-state index in [1.54, 1.807) is 36.4 Å². The van der Waals surface area contributed by atoms with E-state index < -0.39 is 16.0 Å². The van der Waals surface area contributed by atoms with Gasteiger partial charge in [0.2, 0.25) is 0 Å². The Bertz CT molecular complexity index is 1610. The Hall–Kier alpha value is -3.79. The highest BCUT2D eigenvalue weighted by Crippen LogP contribution is 2.32. The van der Waals surface area contributed by atoms with Crippen molar-refractivity contribution in [2.45, 2.75) is 4.90 Å². The van der Waals surface area contributed by atoms with Crippen LogP contribution in [0.4, 0.5) is 5.69 Å². The number of aromatic carboxylic acids is 1. The summed E-state index contributed by atoms with van der Waals surface area (Å²) >= 11 is 11.8. The lowest BCUT2D eigenvalue weighted by molar-refractivity contribution is 0.0694. The molecule has 4 rings (SSSR count). The van der Waals surface area contributed by atoms with Crippen molar-refractivity contribution >= 4 is 61.5 Å². The predicted octanol–water partition coefficient (Wildman–Crippen LogP) is 5.72. The molecule has 0 bridgehead atoms. The molecule has 0 aliphatic carbocycles. The predicted molar refractivity (Wildman–Crippen MR) is 136 cm³/mol. The molecule has 0 saturated carbocycles. The zero-order valence-electron chi connectivity index (χ0n) is 17.7. The van der Waals surface area contributed by atoms with Gasteiger partial charge in [0.05, 0.1) is 20.6 Å². The summed E-state index contributed by atoms with van der Waals surface area (Å²) in [7, 11) is -4.04. The molecule has 11 heteroatoms. The van der Waals surface area contributed by atoms with Crippen LogP contribution in [0.1, 0.15) is 15.9 Å². The van der Waals surface area contributed by atoms with E-state index in [2.05, 4.69) is 4.72 Å². The second kappa shape index (κ2) is 9.46. The standard InChI is InChI=1S/C24H17Cl2N3O5S/c25-20-8-6-18(12-21(20)26)35(32,33)29-16-4-7-19(24(30)31)22(11-16)34-17-5-3-13-9-15(23(27)28)2-1-14(13)10-17/h1-12,29H,(H3,27,28)(H,30,31). The third kappa shape index (κ3) is 5.32. The van der Waals surface area contributed by atoms with Crippen LogP contribution in [0.25, 0.3) is 10.8 Å². The Morgan fingerprint density at radius 1 is 0.914 bits per heavy atom. The van der Waals surface area contributed by atoms with Gasteiger partial charge in [0.25, 0.3) is 10.0 Å². The van der Waals surface area contributed by atoms with E-state index >= 15 is 0 Å². The summed E-state index contributed by atoms with van der Waals surface area (Å²) in [6.45, 7) is 0. The van der Waals surface area contributed by atoms with Crippen LogP contribution in [0.15, 0.2) is 77.7 Å². The fraction of sp³-hybridized carbons (Fsp3) is 0. The largest absolute Gasteiger partial charge is 0.478 e. The topological polar surface area (TPSA) is 143 Å². The minimum Gasteiger partial charge on any atom is -0.478 e. The molecule has 35 heavy (non-hydrogen) atoms. The van der Waals surface area contributed by atoms with E-state index in [1.165, 1.54) is 36.4 Å². The van der Waals surface area contributed by atoms with Crippen LogP contribution in [-0.2, 0) is 10.0 Å². The van der Waals surface area contributed by atoms with Gasteiger partial charge >= 0.3 is 5.97 Å². The third-order valence-electron chi connectivity index (χ3n) is 5.02. The fourth-order valence-electron chi connectivity index (χ4n) is 3.29. The first-order chi connectivity index (χ1) is 16.5. The number of halogens is 2. The van der Waals surface area contributed by atoms with E-state index in [0.717, 1.165) is 10.8 Å². The van der Waals surface area contributed by atoms with Crippen LogP contribution >= 0.6 is 23.2 Å². The summed E-state index contributed by atoms with van der Waals surface area (Å²) in [5.74, 6) is -1.03. The number of sulfonamides is 1. The molecule has 0 aromatic heterocycles. The average Bonchev–Trinajstić information content (AvgIpc) is 2.80. The molecule has 178 valence electrons. The molecule has 8 nitrogen and oxygen atoms in total. The minimum atomic E-state index is -4.04. The number of benzene rings is 4. The molecule has 0 radical (unpaired) electrons. The maximum Gasteiger partial charge on any atom is 0.339 e. The van der Waals surface area contributed by atoms with Crippen molar-refractivity contribution in [2.24, 2.45) is 5.73 Å². The normalized spacial score (nSPS) is 11.3. The molecule has 0 aliphatic rings. The Kier molecular flexibility index (Phi) is 6.58. The number of nitrogens with one attached hydrogen (secondary N) is 2. The molecule has 0 aliphatic heterocycles. The van der Waals surface area contributed by atoms with Crippen molar-refractivity contribution in [2.75, 3.05) is 4.72 Å². The summed E-state index contributed by atoms with van der Waals surface area (Å²) in [6.07, 6.45) is 0. The molecule has 0 heterocycles. The number of fused-ring (bicyclic) bond motifs is 1. The van der Waals surface area contributed by atoms with Crippen LogP contribution in [0.3, 0.4) is 0 Å². The van der Waals surface area contributed by atoms with Crippen LogP contribution in [0.2, 0.25) is 10.0 Å². The van der Waals surface area contributed by atoms with Crippen molar-refractivity contribution in [1.29, 1.82) is 5.41 Å². The number of ether oxygens (including phenoxy) is 1. The van der Waals surface area contributed by atoms with Crippen molar-refractivity contribution < 1.29 is 23.1 Å². The number of hydrogen-bond donors (Lipinski definition) is 4. The number of hydrogen-bond acceptors (Lipinski definition) is 5. The second-order valence-corrected chi connectivity index (χ2v) is 9.93. The number of amidine groups is 1. The number of nitrogen functional groups attached to an aromatic ring is 1. The zero-order chi connectivity index (χ0) is 25.3. The number of carboxylic acids is 1. The minimum absolute atomic E-state index is 0.0570. The van der Waals surface area contributed by atoms with Gasteiger partial charge in [-0.25, -0.2) is 13.2 Å². The lowest BCUT2D eigenvalue weighted by Crippen LogP contribution is -2.13. The van der Waals surface area contributed by atoms with Gasteiger partial charge in [0.1, 0.15) is 22.9 Å².